The zero-order valence-corrected chi connectivity index (χ0v) is 16.5. The molecular formula is C19H24N2O5S. The number of nitrogens with one attached hydrogen (secondary N) is 1. The fourth-order valence-corrected chi connectivity index (χ4v) is 3.59. The molecule has 7 nitrogen and oxygen atoms in total. The Bertz CT molecular complexity index is 792. The van der Waals surface area contributed by atoms with Gasteiger partial charge in [0.1, 0.15) is 11.2 Å². The van der Waals surface area contributed by atoms with Crippen LogP contribution in [-0.4, -0.2) is 35.7 Å². The highest BCUT2D eigenvalue weighted by molar-refractivity contribution is 7.13. The van der Waals surface area contributed by atoms with Gasteiger partial charge in [-0.15, -0.1) is 11.3 Å². The minimum Gasteiger partial charge on any atom is -0.506 e. The van der Waals surface area contributed by atoms with Gasteiger partial charge in [-0.1, -0.05) is 19.1 Å². The van der Waals surface area contributed by atoms with E-state index in [1.807, 2.05) is 6.92 Å². The number of benzene rings is 1. The lowest BCUT2D eigenvalue weighted by Gasteiger charge is -2.28. The molecule has 0 saturated carbocycles. The SMILES string of the molecule is CCOC(=O)[C@](CC)(CCC(=O)OC)c1csc(Nc2ccccc2O)n1. The maximum atomic E-state index is 12.7. The molecule has 1 atom stereocenters. The van der Waals surface area contributed by atoms with Crippen molar-refractivity contribution in [3.8, 4) is 5.75 Å². The van der Waals surface area contributed by atoms with Crippen LogP contribution in [0.15, 0.2) is 29.6 Å². The summed E-state index contributed by atoms with van der Waals surface area (Å²) in [6.45, 7) is 3.85. The van der Waals surface area contributed by atoms with Crippen LogP contribution in [0.5, 0.6) is 5.75 Å². The number of thiazole rings is 1. The third-order valence-electron chi connectivity index (χ3n) is 4.39. The number of anilines is 2. The van der Waals surface area contributed by atoms with Crippen molar-refractivity contribution < 1.29 is 24.2 Å². The van der Waals surface area contributed by atoms with E-state index in [0.29, 0.717) is 22.9 Å². The molecule has 2 aromatic rings. The van der Waals surface area contributed by atoms with E-state index in [-0.39, 0.29) is 31.2 Å². The predicted octanol–water partition coefficient (Wildman–Crippen LogP) is 3.76. The van der Waals surface area contributed by atoms with Gasteiger partial charge in [0.2, 0.25) is 0 Å². The van der Waals surface area contributed by atoms with Crippen LogP contribution in [-0.2, 0) is 24.5 Å². The third-order valence-corrected chi connectivity index (χ3v) is 5.15. The van der Waals surface area contributed by atoms with E-state index < -0.39 is 11.4 Å². The monoisotopic (exact) mass is 392 g/mol. The van der Waals surface area contributed by atoms with Crippen molar-refractivity contribution in [2.24, 2.45) is 0 Å². The topological polar surface area (TPSA) is 97.8 Å². The summed E-state index contributed by atoms with van der Waals surface area (Å²) < 4.78 is 9.99. The number of nitrogens with zero attached hydrogens (tertiary/aromatic N) is 1. The first-order valence-electron chi connectivity index (χ1n) is 8.71. The zero-order chi connectivity index (χ0) is 19.9. The summed E-state index contributed by atoms with van der Waals surface area (Å²) in [5.74, 6) is -0.692. The molecular weight excluding hydrogens is 368 g/mol. The molecule has 0 aliphatic heterocycles. The van der Waals surface area contributed by atoms with Gasteiger partial charge in [-0.25, -0.2) is 4.98 Å². The molecule has 0 aliphatic rings. The number of hydrogen-bond donors (Lipinski definition) is 2. The van der Waals surface area contributed by atoms with Crippen LogP contribution in [0.25, 0.3) is 0 Å². The number of aromatic nitrogens is 1. The Morgan fingerprint density at radius 1 is 1.30 bits per heavy atom. The highest BCUT2D eigenvalue weighted by atomic mass is 32.1. The van der Waals surface area contributed by atoms with Gasteiger partial charge in [0.15, 0.2) is 5.13 Å². The lowest BCUT2D eigenvalue weighted by atomic mass is 9.78. The largest absolute Gasteiger partial charge is 0.506 e. The maximum absolute atomic E-state index is 12.7. The average molecular weight is 392 g/mol. The second-order valence-electron chi connectivity index (χ2n) is 5.91. The molecule has 0 amide bonds. The molecule has 2 rings (SSSR count). The fourth-order valence-electron chi connectivity index (χ4n) is 2.77. The van der Waals surface area contributed by atoms with Crippen LogP contribution >= 0.6 is 11.3 Å². The number of ether oxygens (including phenoxy) is 2. The molecule has 8 heteroatoms. The van der Waals surface area contributed by atoms with Crippen molar-refractivity contribution in [1.29, 1.82) is 0 Å². The van der Waals surface area contributed by atoms with Crippen molar-refractivity contribution in [3.63, 3.8) is 0 Å². The van der Waals surface area contributed by atoms with E-state index >= 15 is 0 Å². The zero-order valence-electron chi connectivity index (χ0n) is 15.7. The molecule has 1 aromatic carbocycles. The molecule has 0 fully saturated rings. The number of carbonyl (C=O) groups excluding carboxylic acids is 2. The van der Waals surface area contributed by atoms with Gasteiger partial charge < -0.3 is 19.9 Å². The number of methoxy groups -OCH3 is 1. The van der Waals surface area contributed by atoms with Crippen molar-refractivity contribution in [3.05, 3.63) is 35.3 Å². The van der Waals surface area contributed by atoms with Gasteiger partial charge in [0.05, 0.1) is 25.1 Å². The quantitative estimate of drug-likeness (QED) is 0.495. The highest BCUT2D eigenvalue weighted by Crippen LogP contribution is 2.37. The van der Waals surface area contributed by atoms with Gasteiger partial charge in [0, 0.05) is 11.8 Å². The standard InChI is InChI=1S/C19H24N2O5S/c1-4-19(17(24)26-5-2,11-10-16(23)25-3)15-12-27-18(21-15)20-13-8-6-7-9-14(13)22/h6-9,12,22H,4-5,10-11H2,1-3H3,(H,20,21)/t19-/m1/s1. The normalized spacial score (nSPS) is 12.9. The Morgan fingerprint density at radius 3 is 2.67 bits per heavy atom. The molecule has 0 unspecified atom stereocenters. The molecule has 1 heterocycles. The number of aromatic hydroxyl groups is 1. The summed E-state index contributed by atoms with van der Waals surface area (Å²) >= 11 is 1.31. The van der Waals surface area contributed by atoms with Crippen molar-refractivity contribution in [1.82, 2.24) is 4.98 Å². The molecule has 0 spiro atoms. The Kier molecular flexibility index (Phi) is 7.18. The van der Waals surface area contributed by atoms with Crippen molar-refractivity contribution >= 4 is 34.1 Å². The molecule has 0 aliphatic carbocycles. The van der Waals surface area contributed by atoms with Crippen LogP contribution < -0.4 is 5.32 Å². The molecule has 1 aromatic heterocycles. The van der Waals surface area contributed by atoms with Crippen LogP contribution in [0.4, 0.5) is 10.8 Å². The number of hydrogen-bond acceptors (Lipinski definition) is 8. The molecule has 0 radical (unpaired) electrons. The summed E-state index contributed by atoms with van der Waals surface area (Å²) in [6.07, 6.45) is 0.764. The predicted molar refractivity (Wildman–Crippen MR) is 103 cm³/mol. The molecule has 2 N–H and O–H groups in total. The van der Waals surface area contributed by atoms with Crippen LogP contribution in [0.2, 0.25) is 0 Å². The first kappa shape index (κ1) is 20.7. The number of phenolic OH excluding ortho intramolecular Hbond substituents is 1. The van der Waals surface area contributed by atoms with Crippen molar-refractivity contribution in [2.75, 3.05) is 19.0 Å². The minimum atomic E-state index is -1.03. The second-order valence-corrected chi connectivity index (χ2v) is 6.77. The van der Waals surface area contributed by atoms with Crippen molar-refractivity contribution in [2.45, 2.75) is 38.5 Å². The number of phenols is 1. The summed E-state index contributed by atoms with van der Waals surface area (Å²) in [5.41, 5.74) is 0.0285. The van der Waals surface area contributed by atoms with Gasteiger partial charge in [-0.05, 0) is 31.9 Å². The summed E-state index contributed by atoms with van der Waals surface area (Å²) in [7, 11) is 1.32. The second kappa shape index (κ2) is 9.36. The average Bonchev–Trinajstić information content (AvgIpc) is 3.13. The van der Waals surface area contributed by atoms with Gasteiger partial charge >= 0.3 is 11.9 Å². The Hall–Kier alpha value is -2.61. The number of carbonyl (C=O) groups is 2. The van der Waals surface area contributed by atoms with Gasteiger partial charge in [0.25, 0.3) is 0 Å². The number of rotatable bonds is 9. The molecule has 0 bridgehead atoms. The summed E-state index contributed by atoms with van der Waals surface area (Å²) in [5, 5.41) is 15.3. The van der Waals surface area contributed by atoms with Crippen LogP contribution in [0.1, 0.15) is 38.8 Å². The first-order chi connectivity index (χ1) is 13.0. The number of esters is 2. The van der Waals surface area contributed by atoms with Crippen LogP contribution in [0, 0.1) is 0 Å². The summed E-state index contributed by atoms with van der Waals surface area (Å²) in [6, 6.07) is 6.82. The lowest BCUT2D eigenvalue weighted by Crippen LogP contribution is -2.38. The van der Waals surface area contributed by atoms with E-state index in [1.54, 1.807) is 36.6 Å². The van der Waals surface area contributed by atoms with E-state index in [1.165, 1.54) is 18.4 Å². The van der Waals surface area contributed by atoms with E-state index in [9.17, 15) is 14.7 Å². The minimum absolute atomic E-state index is 0.0862. The van der Waals surface area contributed by atoms with Crippen LogP contribution in [0.3, 0.4) is 0 Å². The van der Waals surface area contributed by atoms with Gasteiger partial charge in [-0.2, -0.15) is 0 Å². The Morgan fingerprint density at radius 2 is 2.04 bits per heavy atom. The fraction of sp³-hybridized carbons (Fsp3) is 0.421. The van der Waals surface area contributed by atoms with E-state index in [0.717, 1.165) is 0 Å². The highest BCUT2D eigenvalue weighted by Gasteiger charge is 2.42. The summed E-state index contributed by atoms with van der Waals surface area (Å²) in [4.78, 5) is 28.9. The van der Waals surface area contributed by atoms with Gasteiger partial charge in [-0.3, -0.25) is 9.59 Å². The third kappa shape index (κ3) is 4.77. The number of para-hydroxylation sites is 2. The van der Waals surface area contributed by atoms with E-state index in [4.69, 9.17) is 9.47 Å². The molecule has 0 saturated heterocycles. The first-order valence-corrected chi connectivity index (χ1v) is 9.59. The van der Waals surface area contributed by atoms with E-state index in [2.05, 4.69) is 10.3 Å². The molecule has 146 valence electrons. The Balaban J connectivity index is 2.32. The maximum Gasteiger partial charge on any atom is 0.318 e. The lowest BCUT2D eigenvalue weighted by molar-refractivity contribution is -0.151. The Labute approximate surface area is 162 Å². The molecule has 27 heavy (non-hydrogen) atoms. The smallest absolute Gasteiger partial charge is 0.318 e.